The highest BCUT2D eigenvalue weighted by molar-refractivity contribution is 8.08. The van der Waals surface area contributed by atoms with E-state index in [1.807, 2.05) is 0 Å². The molecule has 5 nitrogen and oxygen atoms in total. The fourth-order valence-corrected chi connectivity index (χ4v) is 4.67. The first-order chi connectivity index (χ1) is 13.0. The van der Waals surface area contributed by atoms with Gasteiger partial charge in [0.05, 0.1) is 21.1 Å². The van der Waals surface area contributed by atoms with Crippen molar-refractivity contribution in [1.82, 2.24) is 4.98 Å². The van der Waals surface area contributed by atoms with Crippen LogP contribution in [0.3, 0.4) is 0 Å². The van der Waals surface area contributed by atoms with Crippen molar-refractivity contribution in [1.29, 1.82) is 0 Å². The Balaban J connectivity index is 1.78. The number of Topliss-reactive ketones (excluding diaryl/α,β-unsaturated/α-hetero) is 2. The van der Waals surface area contributed by atoms with Crippen molar-refractivity contribution in [3.05, 3.63) is 81.9 Å². The molecule has 2 aromatic carbocycles. The molecule has 27 heavy (non-hydrogen) atoms. The highest BCUT2D eigenvalue weighted by Gasteiger charge is 2.34. The second-order valence-electron chi connectivity index (χ2n) is 5.77. The second kappa shape index (κ2) is 7.02. The van der Waals surface area contributed by atoms with Crippen molar-refractivity contribution in [2.24, 2.45) is 0 Å². The van der Waals surface area contributed by atoms with Crippen LogP contribution in [-0.4, -0.2) is 26.8 Å². The predicted octanol–water partition coefficient (Wildman–Crippen LogP) is 4.60. The number of nitrogens with one attached hydrogen (secondary N) is 1. The molecule has 7 heteroatoms. The van der Waals surface area contributed by atoms with Gasteiger partial charge in [-0.2, -0.15) is 0 Å². The summed E-state index contributed by atoms with van der Waals surface area (Å²) >= 11 is 2.39. The summed E-state index contributed by atoms with van der Waals surface area (Å²) in [5, 5.41) is 18.9. The summed E-state index contributed by atoms with van der Waals surface area (Å²) < 4.78 is 0. The summed E-state index contributed by atoms with van der Waals surface area (Å²) in [6, 6.07) is 14.5. The lowest BCUT2D eigenvalue weighted by Gasteiger charge is -2.18. The van der Waals surface area contributed by atoms with E-state index in [1.54, 1.807) is 36.5 Å². The van der Waals surface area contributed by atoms with E-state index in [9.17, 15) is 19.8 Å². The van der Waals surface area contributed by atoms with Gasteiger partial charge in [0.1, 0.15) is 11.5 Å². The SMILES string of the molecule is O=C1C(Sc2ccc(O)cc2)=C(Sc2ccc(O)cc2)C(=O)c2[nH]ccc21. The second-order valence-corrected chi connectivity index (χ2v) is 7.94. The number of rotatable bonds is 4. The van der Waals surface area contributed by atoms with Gasteiger partial charge in [-0.1, -0.05) is 23.5 Å². The number of aromatic amines is 1. The quantitative estimate of drug-likeness (QED) is 0.598. The van der Waals surface area contributed by atoms with Gasteiger partial charge in [-0.3, -0.25) is 9.59 Å². The molecule has 1 aromatic heterocycles. The van der Waals surface area contributed by atoms with Crippen LogP contribution in [0, 0.1) is 0 Å². The number of carbonyl (C=O) groups is 2. The van der Waals surface area contributed by atoms with E-state index >= 15 is 0 Å². The zero-order chi connectivity index (χ0) is 19.0. The third kappa shape index (κ3) is 3.39. The van der Waals surface area contributed by atoms with E-state index in [0.717, 1.165) is 9.79 Å². The molecule has 1 heterocycles. The molecule has 0 saturated heterocycles. The maximum atomic E-state index is 13.0. The number of ketones is 2. The summed E-state index contributed by atoms with van der Waals surface area (Å²) in [5.74, 6) is -0.199. The number of carbonyl (C=O) groups excluding carboxylic acids is 2. The average Bonchev–Trinajstić information content (AvgIpc) is 3.16. The number of aromatic hydroxyl groups is 2. The molecule has 0 aliphatic heterocycles. The molecule has 0 amide bonds. The number of fused-ring (bicyclic) bond motifs is 1. The van der Waals surface area contributed by atoms with E-state index in [-0.39, 0.29) is 28.8 Å². The molecule has 1 aliphatic carbocycles. The van der Waals surface area contributed by atoms with Crippen LogP contribution < -0.4 is 0 Å². The summed E-state index contributed by atoms with van der Waals surface area (Å²) in [4.78, 5) is 31.0. The Labute approximate surface area is 163 Å². The maximum absolute atomic E-state index is 13.0. The lowest BCUT2D eigenvalue weighted by molar-refractivity contribution is 0.0986. The summed E-state index contributed by atoms with van der Waals surface area (Å²) in [6.07, 6.45) is 1.58. The molecule has 0 spiro atoms. The molecule has 3 aromatic rings. The van der Waals surface area contributed by atoms with Crippen molar-refractivity contribution in [2.75, 3.05) is 0 Å². The van der Waals surface area contributed by atoms with E-state index in [2.05, 4.69) is 4.98 Å². The largest absolute Gasteiger partial charge is 0.508 e. The van der Waals surface area contributed by atoms with Gasteiger partial charge in [-0.05, 0) is 54.6 Å². The van der Waals surface area contributed by atoms with Crippen molar-refractivity contribution < 1.29 is 19.8 Å². The highest BCUT2D eigenvalue weighted by atomic mass is 32.2. The van der Waals surface area contributed by atoms with E-state index in [0.29, 0.717) is 15.4 Å². The standard InChI is InChI=1S/C20H13NO4S2/c22-11-1-5-13(6-2-11)26-19-17(24)15-9-10-21-16(15)18(25)20(19)27-14-7-3-12(23)4-8-14/h1-10,21-23H. The Morgan fingerprint density at radius 3 is 1.67 bits per heavy atom. The van der Waals surface area contributed by atoms with E-state index < -0.39 is 0 Å². The fourth-order valence-electron chi connectivity index (χ4n) is 2.64. The molecule has 0 radical (unpaired) electrons. The minimum Gasteiger partial charge on any atom is -0.508 e. The number of hydrogen-bond donors (Lipinski definition) is 3. The molecule has 134 valence electrons. The Hall–Kier alpha value is -2.90. The third-order valence-corrected chi connectivity index (χ3v) is 6.28. The van der Waals surface area contributed by atoms with Crippen molar-refractivity contribution in [2.45, 2.75) is 9.79 Å². The first-order valence-corrected chi connectivity index (χ1v) is 9.61. The van der Waals surface area contributed by atoms with Gasteiger partial charge < -0.3 is 15.2 Å². The topological polar surface area (TPSA) is 90.4 Å². The summed E-state index contributed by atoms with van der Waals surface area (Å²) in [7, 11) is 0. The Kier molecular flexibility index (Phi) is 4.55. The van der Waals surface area contributed by atoms with Gasteiger partial charge in [0.15, 0.2) is 0 Å². The number of H-pyrrole nitrogens is 1. The predicted molar refractivity (Wildman–Crippen MR) is 104 cm³/mol. The van der Waals surface area contributed by atoms with Crippen LogP contribution in [0.15, 0.2) is 80.4 Å². The number of phenolic OH excluding ortho intramolecular Hbond substituents is 2. The number of phenols is 2. The number of allylic oxidation sites excluding steroid dienone is 2. The van der Waals surface area contributed by atoms with Crippen LogP contribution in [0.4, 0.5) is 0 Å². The average molecular weight is 395 g/mol. The van der Waals surface area contributed by atoms with Crippen LogP contribution in [0.5, 0.6) is 11.5 Å². The minimum absolute atomic E-state index is 0.129. The molecule has 0 unspecified atom stereocenters. The van der Waals surface area contributed by atoms with E-state index in [4.69, 9.17) is 0 Å². The Morgan fingerprint density at radius 1 is 0.667 bits per heavy atom. The van der Waals surface area contributed by atoms with Gasteiger partial charge >= 0.3 is 0 Å². The first-order valence-electron chi connectivity index (χ1n) is 7.98. The number of hydrogen-bond acceptors (Lipinski definition) is 6. The van der Waals surface area contributed by atoms with Crippen LogP contribution >= 0.6 is 23.5 Å². The van der Waals surface area contributed by atoms with Gasteiger partial charge in [-0.25, -0.2) is 0 Å². The van der Waals surface area contributed by atoms with Crippen molar-refractivity contribution in [3.8, 4) is 11.5 Å². The molecule has 0 fully saturated rings. The zero-order valence-electron chi connectivity index (χ0n) is 13.8. The van der Waals surface area contributed by atoms with E-state index in [1.165, 1.54) is 47.8 Å². The van der Waals surface area contributed by atoms with Crippen molar-refractivity contribution >= 4 is 35.1 Å². The summed E-state index contributed by atoms with van der Waals surface area (Å²) in [5.41, 5.74) is 0.646. The van der Waals surface area contributed by atoms with Gasteiger partial charge in [0, 0.05) is 16.0 Å². The van der Waals surface area contributed by atoms with Gasteiger partial charge in [-0.15, -0.1) is 0 Å². The zero-order valence-corrected chi connectivity index (χ0v) is 15.4. The van der Waals surface area contributed by atoms with Crippen LogP contribution in [0.1, 0.15) is 20.8 Å². The molecule has 0 saturated carbocycles. The number of benzene rings is 2. The maximum Gasteiger partial charge on any atom is 0.217 e. The Morgan fingerprint density at radius 2 is 1.15 bits per heavy atom. The monoisotopic (exact) mass is 395 g/mol. The molecule has 0 bridgehead atoms. The lowest BCUT2D eigenvalue weighted by Crippen LogP contribution is -2.18. The molecule has 1 aliphatic rings. The Bertz CT molecular complexity index is 982. The fraction of sp³-hybridized carbons (Fsp3) is 0. The van der Waals surface area contributed by atoms with Crippen LogP contribution in [-0.2, 0) is 0 Å². The smallest absolute Gasteiger partial charge is 0.217 e. The number of aromatic nitrogens is 1. The normalized spacial score (nSPS) is 13.8. The highest BCUT2D eigenvalue weighted by Crippen LogP contribution is 2.43. The summed E-state index contributed by atoms with van der Waals surface area (Å²) in [6.45, 7) is 0. The molecule has 0 atom stereocenters. The first kappa shape index (κ1) is 17.5. The van der Waals surface area contributed by atoms with Crippen LogP contribution in [0.25, 0.3) is 0 Å². The van der Waals surface area contributed by atoms with Crippen molar-refractivity contribution in [3.63, 3.8) is 0 Å². The molecular formula is C20H13NO4S2. The minimum atomic E-state index is -0.242. The van der Waals surface area contributed by atoms with Crippen LogP contribution in [0.2, 0.25) is 0 Å². The third-order valence-electron chi connectivity index (χ3n) is 3.95. The van der Waals surface area contributed by atoms with Gasteiger partial charge in [0.2, 0.25) is 11.6 Å². The molecule has 4 rings (SSSR count). The molecular weight excluding hydrogens is 382 g/mol. The van der Waals surface area contributed by atoms with Gasteiger partial charge in [0.25, 0.3) is 0 Å². The number of thioether (sulfide) groups is 2. The lowest BCUT2D eigenvalue weighted by atomic mass is 10.0. The molecule has 3 N–H and O–H groups in total.